The van der Waals surface area contributed by atoms with Crippen LogP contribution in [0.15, 0.2) is 48.5 Å². The number of hydrogen-bond donors (Lipinski definition) is 1. The first-order valence-corrected chi connectivity index (χ1v) is 7.45. The molecule has 0 aliphatic carbocycles. The Morgan fingerprint density at radius 2 is 1.77 bits per heavy atom. The van der Waals surface area contributed by atoms with Crippen molar-refractivity contribution in [1.82, 2.24) is 15.0 Å². The lowest BCUT2D eigenvalue weighted by Crippen LogP contribution is -2.02. The zero-order valence-corrected chi connectivity index (χ0v) is 13.1. The third kappa shape index (κ3) is 2.60. The molecule has 0 saturated carbocycles. The Morgan fingerprint density at radius 3 is 2.41 bits per heavy atom. The van der Waals surface area contributed by atoms with Crippen LogP contribution in [0, 0.1) is 6.92 Å². The van der Waals surface area contributed by atoms with Crippen LogP contribution in [0.3, 0.4) is 0 Å². The molecule has 0 unspecified atom stereocenters. The second-order valence-electron chi connectivity index (χ2n) is 5.85. The summed E-state index contributed by atoms with van der Waals surface area (Å²) in [5, 5.41) is 8.46. The van der Waals surface area contributed by atoms with Crippen molar-refractivity contribution >= 4 is 5.82 Å². The van der Waals surface area contributed by atoms with Crippen LogP contribution in [0.1, 0.15) is 30.9 Å². The van der Waals surface area contributed by atoms with Gasteiger partial charge in [0, 0.05) is 5.56 Å². The summed E-state index contributed by atoms with van der Waals surface area (Å²) >= 11 is 0. The molecule has 4 heteroatoms. The molecule has 2 aromatic carbocycles. The van der Waals surface area contributed by atoms with Crippen molar-refractivity contribution in [3.63, 3.8) is 0 Å². The predicted molar refractivity (Wildman–Crippen MR) is 90.0 cm³/mol. The Labute approximate surface area is 130 Å². The van der Waals surface area contributed by atoms with E-state index < -0.39 is 0 Å². The van der Waals surface area contributed by atoms with Gasteiger partial charge in [0.25, 0.3) is 0 Å². The Hall–Kier alpha value is -2.62. The van der Waals surface area contributed by atoms with E-state index in [2.05, 4.69) is 48.4 Å². The van der Waals surface area contributed by atoms with Gasteiger partial charge in [-0.05, 0) is 36.1 Å². The zero-order chi connectivity index (χ0) is 15.7. The second kappa shape index (κ2) is 5.64. The van der Waals surface area contributed by atoms with E-state index in [4.69, 9.17) is 5.73 Å². The van der Waals surface area contributed by atoms with E-state index in [-0.39, 0.29) is 0 Å². The highest BCUT2D eigenvalue weighted by Gasteiger charge is 2.13. The van der Waals surface area contributed by atoms with Crippen molar-refractivity contribution in [1.29, 1.82) is 0 Å². The molecule has 2 N–H and O–H groups in total. The van der Waals surface area contributed by atoms with Crippen LogP contribution in [-0.4, -0.2) is 15.0 Å². The third-order valence-electron chi connectivity index (χ3n) is 3.80. The van der Waals surface area contributed by atoms with E-state index in [0.717, 1.165) is 22.5 Å². The van der Waals surface area contributed by atoms with Crippen LogP contribution in [-0.2, 0) is 0 Å². The van der Waals surface area contributed by atoms with Crippen LogP contribution in [0.2, 0.25) is 0 Å². The maximum Gasteiger partial charge on any atom is 0.155 e. The molecule has 0 aliphatic heterocycles. The average molecular weight is 292 g/mol. The molecule has 3 rings (SSSR count). The van der Waals surface area contributed by atoms with Gasteiger partial charge in [-0.2, -0.15) is 4.68 Å². The molecule has 0 spiro atoms. The Morgan fingerprint density at radius 1 is 1.05 bits per heavy atom. The van der Waals surface area contributed by atoms with Gasteiger partial charge in [0.1, 0.15) is 5.69 Å². The van der Waals surface area contributed by atoms with Gasteiger partial charge >= 0.3 is 0 Å². The third-order valence-corrected chi connectivity index (χ3v) is 3.80. The summed E-state index contributed by atoms with van der Waals surface area (Å²) in [6, 6.07) is 16.4. The van der Waals surface area contributed by atoms with Gasteiger partial charge in [-0.15, -0.1) is 5.10 Å². The van der Waals surface area contributed by atoms with Crippen LogP contribution in [0.5, 0.6) is 0 Å². The van der Waals surface area contributed by atoms with Gasteiger partial charge < -0.3 is 5.73 Å². The minimum Gasteiger partial charge on any atom is -0.382 e. The highest BCUT2D eigenvalue weighted by Crippen LogP contribution is 2.27. The highest BCUT2D eigenvalue weighted by atomic mass is 15.5. The fourth-order valence-corrected chi connectivity index (χ4v) is 2.47. The molecule has 1 aromatic heterocycles. The summed E-state index contributed by atoms with van der Waals surface area (Å²) in [6.07, 6.45) is 0. The molecule has 0 bridgehead atoms. The van der Waals surface area contributed by atoms with E-state index in [1.54, 1.807) is 4.68 Å². The number of benzene rings is 2. The van der Waals surface area contributed by atoms with Gasteiger partial charge in [0.2, 0.25) is 0 Å². The number of nitrogen functional groups attached to an aromatic ring is 1. The van der Waals surface area contributed by atoms with E-state index in [1.807, 2.05) is 31.2 Å². The number of rotatable bonds is 3. The molecule has 0 amide bonds. The van der Waals surface area contributed by atoms with Crippen LogP contribution >= 0.6 is 0 Å². The van der Waals surface area contributed by atoms with E-state index >= 15 is 0 Å². The molecular weight excluding hydrogens is 272 g/mol. The van der Waals surface area contributed by atoms with Crippen molar-refractivity contribution in [2.75, 3.05) is 5.73 Å². The molecule has 0 aliphatic rings. The Balaban J connectivity index is 2.00. The molecule has 0 radical (unpaired) electrons. The van der Waals surface area contributed by atoms with Crippen LogP contribution < -0.4 is 5.73 Å². The SMILES string of the molecule is Cc1cccc(-n2nnc(-c3ccc(C(C)C)cc3)c2N)c1. The summed E-state index contributed by atoms with van der Waals surface area (Å²) in [5.41, 5.74) is 11.3. The van der Waals surface area contributed by atoms with Crippen LogP contribution in [0.25, 0.3) is 16.9 Å². The standard InChI is InChI=1S/C18H20N4/c1-12(2)14-7-9-15(10-8-14)17-18(19)22(21-20-17)16-6-4-5-13(3)11-16/h4-12H,19H2,1-3H3. The number of anilines is 1. The molecule has 112 valence electrons. The predicted octanol–water partition coefficient (Wildman–Crippen LogP) is 3.95. The van der Waals surface area contributed by atoms with Crippen molar-refractivity contribution in [2.45, 2.75) is 26.7 Å². The van der Waals surface area contributed by atoms with Gasteiger partial charge in [-0.25, -0.2) is 0 Å². The summed E-state index contributed by atoms with van der Waals surface area (Å²) in [6.45, 7) is 6.40. The number of aryl methyl sites for hydroxylation is 1. The molecule has 4 nitrogen and oxygen atoms in total. The summed E-state index contributed by atoms with van der Waals surface area (Å²) in [5.74, 6) is 1.07. The van der Waals surface area contributed by atoms with Gasteiger partial charge in [-0.1, -0.05) is 55.5 Å². The lowest BCUT2D eigenvalue weighted by atomic mass is 10.0. The maximum atomic E-state index is 6.25. The topological polar surface area (TPSA) is 56.7 Å². The molecule has 3 aromatic rings. The molecule has 0 atom stereocenters. The summed E-state index contributed by atoms with van der Waals surface area (Å²) < 4.78 is 1.68. The lowest BCUT2D eigenvalue weighted by molar-refractivity contribution is 0.810. The zero-order valence-electron chi connectivity index (χ0n) is 13.1. The Bertz CT molecular complexity index is 785. The number of nitrogens with zero attached hydrogens (tertiary/aromatic N) is 3. The first-order valence-electron chi connectivity index (χ1n) is 7.45. The first-order chi connectivity index (χ1) is 10.6. The van der Waals surface area contributed by atoms with Gasteiger partial charge in [0.05, 0.1) is 5.69 Å². The number of nitrogens with two attached hydrogens (primary N) is 1. The minimum absolute atomic E-state index is 0.509. The second-order valence-corrected chi connectivity index (χ2v) is 5.85. The summed E-state index contributed by atoms with van der Waals surface area (Å²) in [4.78, 5) is 0. The van der Waals surface area contributed by atoms with E-state index in [9.17, 15) is 0 Å². The van der Waals surface area contributed by atoms with Crippen molar-refractivity contribution in [3.05, 3.63) is 59.7 Å². The largest absolute Gasteiger partial charge is 0.382 e. The average Bonchev–Trinajstić information content (AvgIpc) is 2.89. The van der Waals surface area contributed by atoms with Crippen molar-refractivity contribution < 1.29 is 0 Å². The summed E-state index contributed by atoms with van der Waals surface area (Å²) in [7, 11) is 0. The number of aromatic nitrogens is 3. The van der Waals surface area contributed by atoms with E-state index in [1.165, 1.54) is 5.56 Å². The fraction of sp³-hybridized carbons (Fsp3) is 0.222. The quantitative estimate of drug-likeness (QED) is 0.795. The molecule has 1 heterocycles. The monoisotopic (exact) mass is 292 g/mol. The normalized spacial score (nSPS) is 11.1. The van der Waals surface area contributed by atoms with Gasteiger partial charge in [-0.3, -0.25) is 0 Å². The smallest absolute Gasteiger partial charge is 0.155 e. The van der Waals surface area contributed by atoms with Gasteiger partial charge in [0.15, 0.2) is 5.82 Å². The van der Waals surface area contributed by atoms with E-state index in [0.29, 0.717) is 11.7 Å². The molecule has 0 saturated heterocycles. The maximum absolute atomic E-state index is 6.25. The van der Waals surface area contributed by atoms with Crippen molar-refractivity contribution in [2.24, 2.45) is 0 Å². The highest BCUT2D eigenvalue weighted by molar-refractivity contribution is 5.71. The van der Waals surface area contributed by atoms with Crippen LogP contribution in [0.4, 0.5) is 5.82 Å². The lowest BCUT2D eigenvalue weighted by Gasteiger charge is -2.07. The van der Waals surface area contributed by atoms with Crippen molar-refractivity contribution in [3.8, 4) is 16.9 Å². The molecule has 0 fully saturated rings. The Kier molecular flexibility index (Phi) is 3.67. The first kappa shape index (κ1) is 14.3. The molecule has 22 heavy (non-hydrogen) atoms. The number of hydrogen-bond acceptors (Lipinski definition) is 3. The molecular formula is C18H20N4. The minimum atomic E-state index is 0.509. The fourth-order valence-electron chi connectivity index (χ4n) is 2.47.